The average Bonchev–Trinajstić information content (AvgIpc) is 2.97. The van der Waals surface area contributed by atoms with Crippen LogP contribution in [0.5, 0.6) is 0 Å². The van der Waals surface area contributed by atoms with Gasteiger partial charge in [0.1, 0.15) is 5.69 Å². The molecule has 21 heteroatoms. The van der Waals surface area contributed by atoms with Crippen molar-refractivity contribution in [3.8, 4) is 5.95 Å². The van der Waals surface area contributed by atoms with Crippen LogP contribution in [0.4, 0.5) is 28.7 Å². The van der Waals surface area contributed by atoms with Crippen molar-refractivity contribution in [1.82, 2.24) is 15.0 Å². The first kappa shape index (κ1) is 41.8. The number of carboxylic acids is 1. The molecule has 4 rings (SSSR count). The number of aromatic nitrogens is 4. The van der Waals surface area contributed by atoms with Crippen LogP contribution >= 0.6 is 23.6 Å². The van der Waals surface area contributed by atoms with Crippen LogP contribution in [0.1, 0.15) is 21.5 Å². The predicted octanol–water partition coefficient (Wildman–Crippen LogP) is -6.32. The molecule has 2 heterocycles. The third-order valence-electron chi connectivity index (χ3n) is 5.70. The van der Waals surface area contributed by atoms with Gasteiger partial charge in [-0.2, -0.15) is 14.4 Å². The van der Waals surface area contributed by atoms with Crippen LogP contribution in [0, 0.1) is 13.8 Å². The van der Waals surface area contributed by atoms with E-state index >= 15 is 0 Å². The molecule has 2 aromatic heterocycles. The largest absolute Gasteiger partial charge is 1.00 e. The summed E-state index contributed by atoms with van der Waals surface area (Å²) >= 11 is 6.67. The van der Waals surface area contributed by atoms with Crippen LogP contribution in [0.3, 0.4) is 0 Å². The quantitative estimate of drug-likeness (QED) is 0.0280. The smallest absolute Gasteiger partial charge is 1.00 e. The number of anilines is 3. The van der Waals surface area contributed by atoms with E-state index in [1.165, 1.54) is 47.3 Å². The fraction of sp³-hybridized carbons (Fsp3) is 0.0800. The number of carboxylic acid groups (broad SMARTS) is 1. The van der Waals surface area contributed by atoms with Gasteiger partial charge in [0.25, 0.3) is 0 Å². The monoisotopic (exact) mass is 724 g/mol. The Morgan fingerprint density at radius 2 is 1.74 bits per heavy atom. The Bertz CT molecular complexity index is 1870. The molecule has 0 unspecified atom stereocenters. The Hall–Kier alpha value is -2.23. The number of aryl methyl sites for hydroxylation is 2. The standard InChI is InChI=1S/C25H21ClN8O7S2.ClH.2Na/c1-4-43(38,39)21-10-13(2)17(9-14(21)3)32-33-19-12-20(42-41-40-37)16(27)11-18(19)28-24-29-23(26)30-25(31-24)34-7-5-15(6-8-34)22(35)36;;;/h4-12H,1H2,2-3H3,(H4-,27,28,29,30,31,32,35,36,37);1H;;/q;;2*+1/p-2. The second kappa shape index (κ2) is 18.3. The van der Waals surface area contributed by atoms with Crippen LogP contribution in [-0.4, -0.2) is 29.3 Å². The minimum absolute atomic E-state index is 0. The summed E-state index contributed by atoms with van der Waals surface area (Å²) in [6.07, 6.45) is 2.80. The molecule has 0 saturated heterocycles. The number of nitrogens with zero attached hydrogens (tertiary/aromatic N) is 6. The van der Waals surface area contributed by atoms with Crippen molar-refractivity contribution in [3.05, 3.63) is 82.8 Å². The molecule has 0 spiro atoms. The van der Waals surface area contributed by atoms with Gasteiger partial charge in [-0.05, 0) is 82.9 Å². The van der Waals surface area contributed by atoms with Gasteiger partial charge in [0.2, 0.25) is 0 Å². The molecule has 0 bridgehead atoms. The van der Waals surface area contributed by atoms with Crippen molar-refractivity contribution in [2.45, 2.75) is 23.6 Å². The number of nitrogen functional groups attached to an aromatic ring is 1. The molecule has 3 N–H and O–H groups in total. The van der Waals surface area contributed by atoms with Crippen LogP contribution in [0.25, 0.3) is 5.95 Å². The minimum Gasteiger partial charge on any atom is -1.00 e. The number of hydrogen-bond donors (Lipinski definition) is 2. The van der Waals surface area contributed by atoms with Crippen molar-refractivity contribution >= 4 is 68.1 Å². The Labute approximate surface area is 322 Å². The van der Waals surface area contributed by atoms with Gasteiger partial charge in [-0.3, -0.25) is 5.04 Å². The summed E-state index contributed by atoms with van der Waals surface area (Å²) < 4.78 is 30.5. The molecule has 0 aliphatic heterocycles. The number of carbonyl (C=O) groups is 1. The summed E-state index contributed by atoms with van der Waals surface area (Å²) in [7, 11) is -3.68. The number of nitrogens with one attached hydrogen (secondary N) is 1. The van der Waals surface area contributed by atoms with Crippen LogP contribution < -0.4 is 97.5 Å². The van der Waals surface area contributed by atoms with Gasteiger partial charge in [0, 0.05) is 16.7 Å². The molecule has 0 atom stereocenters. The number of benzene rings is 2. The van der Waals surface area contributed by atoms with E-state index < -0.39 is 15.8 Å². The van der Waals surface area contributed by atoms with E-state index in [0.29, 0.717) is 28.9 Å². The van der Waals surface area contributed by atoms with Gasteiger partial charge < -0.3 is 38.6 Å². The van der Waals surface area contributed by atoms with Crippen molar-refractivity contribution in [1.29, 1.82) is 0 Å². The summed E-state index contributed by atoms with van der Waals surface area (Å²) in [5, 5.41) is 37.1. The molecule has 0 radical (unpaired) electrons. The normalized spacial score (nSPS) is 10.8. The van der Waals surface area contributed by atoms with E-state index in [1.807, 2.05) is 0 Å². The number of azo groups is 1. The Morgan fingerprint density at radius 1 is 1.09 bits per heavy atom. The van der Waals surface area contributed by atoms with Crippen LogP contribution in [-0.2, 0) is 19.2 Å². The fourth-order valence-electron chi connectivity index (χ4n) is 3.60. The molecule has 0 fully saturated rings. The number of hydrogen-bond acceptors (Lipinski definition) is 15. The summed E-state index contributed by atoms with van der Waals surface area (Å²) in [6.45, 7) is 6.65. The zero-order valence-electron chi connectivity index (χ0n) is 24.6. The summed E-state index contributed by atoms with van der Waals surface area (Å²) in [6, 6.07) is 8.52. The van der Waals surface area contributed by atoms with E-state index in [2.05, 4.69) is 46.4 Å². The zero-order chi connectivity index (χ0) is 31.3. The number of pyridine rings is 1. The molecule has 15 nitrogen and oxygen atoms in total. The molecule has 2 aromatic carbocycles. The van der Waals surface area contributed by atoms with Gasteiger partial charge in [0.15, 0.2) is 9.84 Å². The Morgan fingerprint density at radius 3 is 2.35 bits per heavy atom. The number of halogens is 2. The molecule has 0 aliphatic carbocycles. The topological polar surface area (TPSA) is 221 Å². The predicted molar refractivity (Wildman–Crippen MR) is 150 cm³/mol. The van der Waals surface area contributed by atoms with Crippen molar-refractivity contribution in [2.75, 3.05) is 11.1 Å². The van der Waals surface area contributed by atoms with Gasteiger partial charge in [0.05, 0.1) is 51.6 Å². The maximum absolute atomic E-state index is 12.3. The van der Waals surface area contributed by atoms with Gasteiger partial charge >= 0.3 is 76.3 Å². The maximum Gasteiger partial charge on any atom is 1.00 e. The molecule has 230 valence electrons. The second-order valence-electron chi connectivity index (χ2n) is 8.58. The zero-order valence-corrected chi connectivity index (χ0v) is 31.7. The summed E-state index contributed by atoms with van der Waals surface area (Å²) in [4.78, 5) is 23.9. The molecule has 46 heavy (non-hydrogen) atoms. The molecular formula is C25H20Cl2N8Na2O7S2. The van der Waals surface area contributed by atoms with Crippen molar-refractivity contribution in [3.63, 3.8) is 0 Å². The number of carbonyl (C=O) groups excluding carboxylic acids is 1. The molecule has 4 aromatic rings. The van der Waals surface area contributed by atoms with E-state index in [9.17, 15) is 23.6 Å². The number of rotatable bonds is 11. The van der Waals surface area contributed by atoms with Crippen LogP contribution in [0.2, 0.25) is 5.28 Å². The first-order valence-electron chi connectivity index (χ1n) is 11.8. The number of nitrogens with two attached hydrogens (primary N) is 1. The third kappa shape index (κ3) is 10.4. The van der Waals surface area contributed by atoms with Gasteiger partial charge in [-0.15, -0.1) is 5.11 Å². The van der Waals surface area contributed by atoms with Crippen LogP contribution in [0.15, 0.2) is 80.8 Å². The minimum atomic E-state index is -3.68. The second-order valence-corrected chi connectivity index (χ2v) is 11.5. The molecule has 0 saturated carbocycles. The number of aromatic carboxylic acids is 1. The summed E-state index contributed by atoms with van der Waals surface area (Å²) in [5.41, 5.74) is 7.98. The molecule has 0 amide bonds. The van der Waals surface area contributed by atoms with Crippen molar-refractivity contribution < 1.29 is 109 Å². The SMILES string of the molecule is C=CS(=O)(=O)c1cc(C)c(N=Nc2cc(SOO[O-])c(N)cc2Nc2nc(Cl)nc(-[n+]3ccc(C(=O)[O-])cc3)n2)cc1C.[Cl-].[Na+].[Na+]. The molecule has 0 aliphatic rings. The number of sulfone groups is 1. The first-order valence-corrected chi connectivity index (χ1v) is 14.5. The van der Waals surface area contributed by atoms with Gasteiger partial charge in [-0.1, -0.05) is 6.58 Å². The average molecular weight is 726 g/mol. The van der Waals surface area contributed by atoms with E-state index in [0.717, 1.165) is 5.41 Å². The van der Waals surface area contributed by atoms with E-state index in [4.69, 9.17) is 17.3 Å². The third-order valence-corrected chi connectivity index (χ3v) is 8.02. The Balaban J connectivity index is 0.00000353. The van der Waals surface area contributed by atoms with E-state index in [1.54, 1.807) is 19.9 Å². The molecular weight excluding hydrogens is 705 g/mol. The van der Waals surface area contributed by atoms with Crippen molar-refractivity contribution in [2.24, 2.45) is 10.2 Å². The maximum atomic E-state index is 12.3. The van der Waals surface area contributed by atoms with Gasteiger partial charge in [-0.25, -0.2) is 13.0 Å². The Kier molecular flexibility index (Phi) is 16.7. The first-order chi connectivity index (χ1) is 20.4. The fourth-order valence-corrected chi connectivity index (χ4v) is 5.20. The summed E-state index contributed by atoms with van der Waals surface area (Å²) in [5.74, 6) is -1.33. The van der Waals surface area contributed by atoms with E-state index in [-0.39, 0.29) is 121 Å².